The van der Waals surface area contributed by atoms with E-state index in [1.165, 1.54) is 23.8 Å². The number of nitrogens with one attached hydrogen (secondary N) is 1. The van der Waals surface area contributed by atoms with E-state index >= 15 is 0 Å². The standard InChI is InChI=1S/C14H15FN2OS/c1-18-12-6-2-4-9(15)13(12)14-17-11(8-19-14)10-5-3-7-16-10/h2,4,6,8,10,16H,3,5,7H2,1H3. The van der Waals surface area contributed by atoms with Crippen molar-refractivity contribution in [1.82, 2.24) is 10.3 Å². The van der Waals surface area contributed by atoms with Crippen molar-refractivity contribution in [3.05, 3.63) is 35.1 Å². The van der Waals surface area contributed by atoms with E-state index in [1.807, 2.05) is 5.38 Å². The van der Waals surface area contributed by atoms with Crippen molar-refractivity contribution >= 4 is 11.3 Å². The van der Waals surface area contributed by atoms with Crippen molar-refractivity contribution in [3.8, 4) is 16.3 Å². The summed E-state index contributed by atoms with van der Waals surface area (Å²) in [5.74, 6) is 0.236. The summed E-state index contributed by atoms with van der Waals surface area (Å²) in [4.78, 5) is 4.57. The molecule has 1 aliphatic heterocycles. The Kier molecular flexibility index (Phi) is 3.48. The number of hydrogen-bond acceptors (Lipinski definition) is 4. The molecule has 0 radical (unpaired) electrons. The number of nitrogens with zero attached hydrogens (tertiary/aromatic N) is 1. The monoisotopic (exact) mass is 278 g/mol. The predicted octanol–water partition coefficient (Wildman–Crippen LogP) is 3.38. The largest absolute Gasteiger partial charge is 0.496 e. The molecule has 5 heteroatoms. The number of ether oxygens (including phenoxy) is 1. The zero-order valence-electron chi connectivity index (χ0n) is 10.6. The highest BCUT2D eigenvalue weighted by atomic mass is 32.1. The molecule has 1 aromatic carbocycles. The predicted molar refractivity (Wildman–Crippen MR) is 74.0 cm³/mol. The Labute approximate surface area is 115 Å². The molecule has 19 heavy (non-hydrogen) atoms. The summed E-state index contributed by atoms with van der Waals surface area (Å²) < 4.78 is 19.2. The topological polar surface area (TPSA) is 34.1 Å². The Hall–Kier alpha value is -1.46. The van der Waals surface area contributed by atoms with Crippen LogP contribution in [0.4, 0.5) is 4.39 Å². The molecule has 100 valence electrons. The van der Waals surface area contributed by atoms with Crippen molar-refractivity contribution in [3.63, 3.8) is 0 Å². The second-order valence-electron chi connectivity index (χ2n) is 4.54. The molecule has 1 saturated heterocycles. The normalized spacial score (nSPS) is 18.7. The summed E-state index contributed by atoms with van der Waals surface area (Å²) >= 11 is 1.46. The zero-order valence-corrected chi connectivity index (χ0v) is 11.5. The van der Waals surface area contributed by atoms with Crippen LogP contribution in [0.5, 0.6) is 5.75 Å². The number of aromatic nitrogens is 1. The highest BCUT2D eigenvalue weighted by Gasteiger charge is 2.21. The Morgan fingerprint density at radius 2 is 2.37 bits per heavy atom. The van der Waals surface area contributed by atoms with Crippen molar-refractivity contribution in [2.45, 2.75) is 18.9 Å². The lowest BCUT2D eigenvalue weighted by molar-refractivity contribution is 0.413. The van der Waals surface area contributed by atoms with Crippen LogP contribution < -0.4 is 10.1 Å². The molecule has 1 aliphatic rings. The highest BCUT2D eigenvalue weighted by Crippen LogP contribution is 2.36. The minimum atomic E-state index is -0.292. The molecular weight excluding hydrogens is 263 g/mol. The zero-order chi connectivity index (χ0) is 13.2. The lowest BCUT2D eigenvalue weighted by atomic mass is 10.1. The second kappa shape index (κ2) is 5.27. The fourth-order valence-corrected chi connectivity index (χ4v) is 3.30. The van der Waals surface area contributed by atoms with Gasteiger partial charge in [-0.05, 0) is 31.5 Å². The molecule has 1 fully saturated rings. The van der Waals surface area contributed by atoms with E-state index < -0.39 is 0 Å². The van der Waals surface area contributed by atoms with Gasteiger partial charge in [-0.15, -0.1) is 11.3 Å². The van der Waals surface area contributed by atoms with Gasteiger partial charge in [0.2, 0.25) is 0 Å². The summed E-state index contributed by atoms with van der Waals surface area (Å²) in [6.45, 7) is 1.03. The van der Waals surface area contributed by atoms with Gasteiger partial charge >= 0.3 is 0 Å². The molecule has 3 nitrogen and oxygen atoms in total. The number of methoxy groups -OCH3 is 1. The van der Waals surface area contributed by atoms with E-state index in [4.69, 9.17) is 4.74 Å². The molecule has 0 amide bonds. The highest BCUT2D eigenvalue weighted by molar-refractivity contribution is 7.13. The molecule has 0 bridgehead atoms. The van der Waals surface area contributed by atoms with E-state index in [2.05, 4.69) is 10.3 Å². The molecule has 1 unspecified atom stereocenters. The van der Waals surface area contributed by atoms with Crippen molar-refractivity contribution in [2.75, 3.05) is 13.7 Å². The third kappa shape index (κ3) is 2.35. The van der Waals surface area contributed by atoms with Crippen LogP contribution in [-0.4, -0.2) is 18.6 Å². The van der Waals surface area contributed by atoms with E-state index in [1.54, 1.807) is 19.2 Å². The number of hydrogen-bond donors (Lipinski definition) is 1. The molecule has 1 atom stereocenters. The molecule has 0 aliphatic carbocycles. The summed E-state index contributed by atoms with van der Waals surface area (Å²) in [5, 5.41) is 6.08. The maximum Gasteiger partial charge on any atom is 0.137 e. The van der Waals surface area contributed by atoms with Crippen LogP contribution in [0.15, 0.2) is 23.6 Å². The maximum atomic E-state index is 14.0. The van der Waals surface area contributed by atoms with Gasteiger partial charge in [-0.3, -0.25) is 0 Å². The molecular formula is C14H15FN2OS. The first-order chi connectivity index (χ1) is 9.29. The SMILES string of the molecule is COc1cccc(F)c1-c1nc(C2CCCN2)cs1. The lowest BCUT2D eigenvalue weighted by Crippen LogP contribution is -2.12. The smallest absolute Gasteiger partial charge is 0.137 e. The summed E-state index contributed by atoms with van der Waals surface area (Å²) in [6.07, 6.45) is 2.26. The van der Waals surface area contributed by atoms with Gasteiger partial charge in [-0.1, -0.05) is 6.07 Å². The van der Waals surface area contributed by atoms with Gasteiger partial charge in [0, 0.05) is 5.38 Å². The number of halogens is 1. The third-order valence-electron chi connectivity index (χ3n) is 3.35. The van der Waals surface area contributed by atoms with E-state index in [9.17, 15) is 4.39 Å². The molecule has 1 N–H and O–H groups in total. The van der Waals surface area contributed by atoms with Crippen LogP contribution in [0.3, 0.4) is 0 Å². The number of benzene rings is 1. The second-order valence-corrected chi connectivity index (χ2v) is 5.40. The van der Waals surface area contributed by atoms with Crippen LogP contribution in [0.1, 0.15) is 24.6 Å². The first-order valence-corrected chi connectivity index (χ1v) is 7.19. The average molecular weight is 278 g/mol. The van der Waals surface area contributed by atoms with Crippen LogP contribution in [-0.2, 0) is 0 Å². The first-order valence-electron chi connectivity index (χ1n) is 6.31. The summed E-state index contributed by atoms with van der Waals surface area (Å²) in [6, 6.07) is 5.15. The van der Waals surface area contributed by atoms with Crippen molar-refractivity contribution < 1.29 is 9.13 Å². The summed E-state index contributed by atoms with van der Waals surface area (Å²) in [5.41, 5.74) is 1.46. The van der Waals surface area contributed by atoms with Crippen molar-refractivity contribution in [2.24, 2.45) is 0 Å². The quantitative estimate of drug-likeness (QED) is 0.934. The third-order valence-corrected chi connectivity index (χ3v) is 4.23. The maximum absolute atomic E-state index is 14.0. The van der Waals surface area contributed by atoms with Crippen LogP contribution >= 0.6 is 11.3 Å². The molecule has 0 spiro atoms. The molecule has 0 saturated carbocycles. The van der Waals surface area contributed by atoms with Gasteiger partial charge < -0.3 is 10.1 Å². The lowest BCUT2D eigenvalue weighted by Gasteiger charge is -2.07. The number of thiazole rings is 1. The van der Waals surface area contributed by atoms with Gasteiger partial charge in [0.25, 0.3) is 0 Å². The average Bonchev–Trinajstić information content (AvgIpc) is 3.08. The van der Waals surface area contributed by atoms with Gasteiger partial charge in [0.15, 0.2) is 0 Å². The Morgan fingerprint density at radius 3 is 3.11 bits per heavy atom. The van der Waals surface area contributed by atoms with Crippen LogP contribution in [0.25, 0.3) is 10.6 Å². The Bertz CT molecular complexity index is 579. The van der Waals surface area contributed by atoms with Crippen molar-refractivity contribution in [1.29, 1.82) is 0 Å². The molecule has 2 aromatic rings. The minimum Gasteiger partial charge on any atom is -0.496 e. The fourth-order valence-electron chi connectivity index (χ4n) is 2.38. The molecule has 2 heterocycles. The Morgan fingerprint density at radius 1 is 1.47 bits per heavy atom. The van der Waals surface area contributed by atoms with Gasteiger partial charge in [-0.25, -0.2) is 9.37 Å². The fraction of sp³-hybridized carbons (Fsp3) is 0.357. The molecule has 3 rings (SSSR count). The van der Waals surface area contributed by atoms with Gasteiger partial charge in [0.1, 0.15) is 16.6 Å². The van der Waals surface area contributed by atoms with E-state index in [0.29, 0.717) is 22.4 Å². The minimum absolute atomic E-state index is 0.292. The van der Waals surface area contributed by atoms with Crippen LogP contribution in [0, 0.1) is 5.82 Å². The number of rotatable bonds is 3. The first kappa shape index (κ1) is 12.6. The van der Waals surface area contributed by atoms with E-state index in [0.717, 1.165) is 18.7 Å². The Balaban J connectivity index is 1.98. The van der Waals surface area contributed by atoms with Crippen LogP contribution in [0.2, 0.25) is 0 Å². The van der Waals surface area contributed by atoms with E-state index in [-0.39, 0.29) is 5.82 Å². The van der Waals surface area contributed by atoms with Gasteiger partial charge in [0.05, 0.1) is 24.4 Å². The van der Waals surface area contributed by atoms with Gasteiger partial charge in [-0.2, -0.15) is 0 Å². The molecule has 1 aromatic heterocycles. The summed E-state index contributed by atoms with van der Waals surface area (Å²) in [7, 11) is 1.55.